The van der Waals surface area contributed by atoms with Crippen molar-refractivity contribution in [2.45, 2.75) is 6.92 Å². The molecule has 4 rings (SSSR count). The maximum atomic E-state index is 13.4. The number of amides is 1. The van der Waals surface area contributed by atoms with Crippen molar-refractivity contribution in [2.75, 3.05) is 74.1 Å². The lowest BCUT2D eigenvalue weighted by Gasteiger charge is -2.37. The number of morpholine rings is 1. The number of benzene rings is 2. The van der Waals surface area contributed by atoms with Gasteiger partial charge in [-0.15, -0.1) is 0 Å². The van der Waals surface area contributed by atoms with Gasteiger partial charge in [0.15, 0.2) is 0 Å². The molecule has 2 aromatic carbocycles. The second kappa shape index (κ2) is 10.4. The molecule has 0 atom stereocenters. The number of nitro groups is 1. The van der Waals surface area contributed by atoms with Gasteiger partial charge in [-0.1, -0.05) is 24.6 Å². The highest BCUT2D eigenvalue weighted by molar-refractivity contribution is 6.34. The van der Waals surface area contributed by atoms with Crippen LogP contribution >= 0.6 is 11.6 Å². The van der Waals surface area contributed by atoms with E-state index in [0.29, 0.717) is 42.7 Å². The lowest BCUT2D eigenvalue weighted by atomic mass is 10.1. The Hall–Kier alpha value is -2.88. The molecule has 0 unspecified atom stereocenters. The lowest BCUT2D eigenvalue weighted by Crippen LogP contribution is -2.46. The van der Waals surface area contributed by atoms with E-state index in [2.05, 4.69) is 22.0 Å². The van der Waals surface area contributed by atoms with Crippen LogP contribution in [0.4, 0.5) is 22.7 Å². The molecule has 2 aliphatic heterocycles. The molecule has 10 heteroatoms. The van der Waals surface area contributed by atoms with Gasteiger partial charge in [-0.2, -0.15) is 0 Å². The van der Waals surface area contributed by atoms with Crippen molar-refractivity contribution in [1.29, 1.82) is 0 Å². The number of carbonyl (C=O) groups excluding carboxylic acids is 1. The Balaban J connectivity index is 1.64. The Morgan fingerprint density at radius 2 is 1.82 bits per heavy atom. The number of non-ortho nitro benzene ring substituents is 1. The number of anilines is 3. The Morgan fingerprint density at radius 3 is 2.48 bits per heavy atom. The highest BCUT2D eigenvalue weighted by Crippen LogP contribution is 2.36. The van der Waals surface area contributed by atoms with Gasteiger partial charge in [-0.05, 0) is 24.7 Å². The molecule has 2 fully saturated rings. The van der Waals surface area contributed by atoms with E-state index in [4.69, 9.17) is 16.3 Å². The van der Waals surface area contributed by atoms with E-state index in [-0.39, 0.29) is 11.3 Å². The van der Waals surface area contributed by atoms with Gasteiger partial charge in [0.25, 0.3) is 11.6 Å². The molecule has 0 saturated carbocycles. The number of para-hydroxylation sites is 1. The molecule has 176 valence electrons. The minimum Gasteiger partial charge on any atom is -0.378 e. The van der Waals surface area contributed by atoms with Crippen LogP contribution in [0.1, 0.15) is 17.3 Å². The highest BCUT2D eigenvalue weighted by atomic mass is 35.5. The van der Waals surface area contributed by atoms with E-state index in [9.17, 15) is 14.9 Å². The molecule has 2 aliphatic rings. The summed E-state index contributed by atoms with van der Waals surface area (Å²) in [6.07, 6.45) is 0. The number of hydrogen-bond acceptors (Lipinski definition) is 7. The van der Waals surface area contributed by atoms with Crippen molar-refractivity contribution in [3.63, 3.8) is 0 Å². The number of rotatable bonds is 6. The molecule has 0 spiro atoms. The van der Waals surface area contributed by atoms with Crippen LogP contribution in [0.3, 0.4) is 0 Å². The quantitative estimate of drug-likeness (QED) is 0.507. The van der Waals surface area contributed by atoms with Crippen LogP contribution < -0.4 is 15.1 Å². The Labute approximate surface area is 198 Å². The van der Waals surface area contributed by atoms with Crippen molar-refractivity contribution < 1.29 is 14.5 Å². The first-order valence-electron chi connectivity index (χ1n) is 11.2. The fourth-order valence-corrected chi connectivity index (χ4v) is 4.61. The summed E-state index contributed by atoms with van der Waals surface area (Å²) < 4.78 is 5.42. The number of hydrogen-bond donors (Lipinski definition) is 1. The molecule has 0 bridgehead atoms. The third-order valence-corrected chi connectivity index (χ3v) is 6.46. The average Bonchev–Trinajstić information content (AvgIpc) is 2.84. The number of nitro benzene ring substituents is 1. The van der Waals surface area contributed by atoms with E-state index in [0.717, 1.165) is 38.4 Å². The topological polar surface area (TPSA) is 91.2 Å². The van der Waals surface area contributed by atoms with Crippen molar-refractivity contribution in [3.05, 3.63) is 57.1 Å². The first kappa shape index (κ1) is 23.3. The van der Waals surface area contributed by atoms with Crippen molar-refractivity contribution in [1.82, 2.24) is 4.90 Å². The van der Waals surface area contributed by atoms with Crippen molar-refractivity contribution >= 4 is 40.3 Å². The number of nitrogens with one attached hydrogen (secondary N) is 1. The van der Waals surface area contributed by atoms with Gasteiger partial charge in [0.1, 0.15) is 0 Å². The van der Waals surface area contributed by atoms with Crippen LogP contribution in [0, 0.1) is 10.1 Å². The lowest BCUT2D eigenvalue weighted by molar-refractivity contribution is -0.384. The predicted octanol–water partition coefficient (Wildman–Crippen LogP) is 3.48. The summed E-state index contributed by atoms with van der Waals surface area (Å²) in [4.78, 5) is 30.9. The SMILES string of the molecule is CCN1CCN(c2c(Cl)cccc2NC(=O)c2cc([N+](=O)[O-])ccc2N2CCOCC2)CC1. The minimum absolute atomic E-state index is 0.126. The predicted molar refractivity (Wildman–Crippen MR) is 130 cm³/mol. The average molecular weight is 474 g/mol. The molecule has 1 N–H and O–H groups in total. The van der Waals surface area contributed by atoms with E-state index >= 15 is 0 Å². The van der Waals surface area contributed by atoms with Gasteiger partial charge in [0.2, 0.25) is 0 Å². The molecule has 9 nitrogen and oxygen atoms in total. The summed E-state index contributed by atoms with van der Waals surface area (Å²) in [7, 11) is 0. The van der Waals surface area contributed by atoms with Gasteiger partial charge >= 0.3 is 0 Å². The van der Waals surface area contributed by atoms with E-state index in [1.807, 2.05) is 17.0 Å². The Bertz CT molecular complexity index is 1020. The number of ether oxygens (including phenoxy) is 1. The highest BCUT2D eigenvalue weighted by Gasteiger charge is 2.25. The van der Waals surface area contributed by atoms with Gasteiger partial charge in [0.05, 0.1) is 45.8 Å². The van der Waals surface area contributed by atoms with Crippen LogP contribution in [0.15, 0.2) is 36.4 Å². The van der Waals surface area contributed by atoms with Gasteiger partial charge in [0, 0.05) is 51.4 Å². The fourth-order valence-electron chi connectivity index (χ4n) is 4.31. The summed E-state index contributed by atoms with van der Waals surface area (Å²) in [6.45, 7) is 8.89. The van der Waals surface area contributed by atoms with Gasteiger partial charge < -0.3 is 24.8 Å². The smallest absolute Gasteiger partial charge is 0.270 e. The summed E-state index contributed by atoms with van der Waals surface area (Å²) in [5, 5.41) is 14.9. The molecule has 2 saturated heterocycles. The number of halogens is 1. The van der Waals surface area contributed by atoms with Crippen molar-refractivity contribution in [2.24, 2.45) is 0 Å². The molecule has 33 heavy (non-hydrogen) atoms. The van der Waals surface area contributed by atoms with Gasteiger partial charge in [-0.3, -0.25) is 14.9 Å². The Kier molecular flexibility index (Phi) is 7.32. The maximum absolute atomic E-state index is 13.4. The zero-order valence-corrected chi connectivity index (χ0v) is 19.4. The number of carbonyl (C=O) groups is 1. The largest absolute Gasteiger partial charge is 0.378 e. The van der Waals surface area contributed by atoms with E-state index in [1.165, 1.54) is 12.1 Å². The zero-order chi connectivity index (χ0) is 23.4. The molecule has 0 aliphatic carbocycles. The summed E-state index contributed by atoms with van der Waals surface area (Å²) in [5.74, 6) is -0.407. The summed E-state index contributed by atoms with van der Waals surface area (Å²) >= 11 is 6.56. The number of likely N-dealkylation sites (N-methyl/N-ethyl adjacent to an activating group) is 1. The van der Waals surface area contributed by atoms with Gasteiger partial charge in [-0.25, -0.2) is 0 Å². The standard InChI is InChI=1S/C23H28ClN5O4/c1-2-26-8-10-28(11-9-26)22-19(24)4-3-5-20(22)25-23(30)18-16-17(29(31)32)6-7-21(18)27-12-14-33-15-13-27/h3-7,16H,2,8-15H2,1H3,(H,25,30). The molecule has 2 aromatic rings. The number of nitrogens with zero attached hydrogens (tertiary/aromatic N) is 4. The second-order valence-electron chi connectivity index (χ2n) is 8.07. The Morgan fingerprint density at radius 1 is 1.09 bits per heavy atom. The van der Waals surface area contributed by atoms with Crippen LogP contribution in [0.2, 0.25) is 5.02 Å². The summed E-state index contributed by atoms with van der Waals surface area (Å²) in [6, 6.07) is 9.83. The van der Waals surface area contributed by atoms with Crippen molar-refractivity contribution in [3.8, 4) is 0 Å². The molecule has 0 radical (unpaired) electrons. The van der Waals surface area contributed by atoms with Crippen LogP contribution in [0.25, 0.3) is 0 Å². The van der Waals surface area contributed by atoms with Crippen LogP contribution in [0.5, 0.6) is 0 Å². The first-order valence-corrected chi connectivity index (χ1v) is 11.5. The zero-order valence-electron chi connectivity index (χ0n) is 18.6. The van der Waals surface area contributed by atoms with Crippen LogP contribution in [-0.2, 0) is 4.74 Å². The van der Waals surface area contributed by atoms with E-state index < -0.39 is 10.8 Å². The minimum atomic E-state index is -0.488. The first-order chi connectivity index (χ1) is 16.0. The maximum Gasteiger partial charge on any atom is 0.270 e. The third kappa shape index (κ3) is 5.21. The monoisotopic (exact) mass is 473 g/mol. The molecule has 1 amide bonds. The summed E-state index contributed by atoms with van der Waals surface area (Å²) in [5.41, 5.74) is 2.16. The second-order valence-corrected chi connectivity index (χ2v) is 8.48. The molecule has 0 aromatic heterocycles. The molecular formula is C23H28ClN5O4. The van der Waals surface area contributed by atoms with E-state index in [1.54, 1.807) is 12.1 Å². The molecule has 2 heterocycles. The normalized spacial score (nSPS) is 17.2. The number of piperazine rings is 1. The fraction of sp³-hybridized carbons (Fsp3) is 0.435. The van der Waals surface area contributed by atoms with Crippen LogP contribution in [-0.4, -0.2) is 74.8 Å². The molecular weight excluding hydrogens is 446 g/mol. The third-order valence-electron chi connectivity index (χ3n) is 6.16.